The summed E-state index contributed by atoms with van der Waals surface area (Å²) in [5.74, 6) is 0. The Balaban J connectivity index is 2.37. The Hall–Kier alpha value is -1.12. The molecule has 2 N–H and O–H groups in total. The Labute approximate surface area is 85.3 Å². The van der Waals surface area contributed by atoms with Gasteiger partial charge in [-0.2, -0.15) is 0 Å². The van der Waals surface area contributed by atoms with Gasteiger partial charge < -0.3 is 10.4 Å². The van der Waals surface area contributed by atoms with E-state index in [0.29, 0.717) is 0 Å². The van der Waals surface area contributed by atoms with Crippen molar-refractivity contribution in [1.82, 2.24) is 5.32 Å². The van der Waals surface area contributed by atoms with Gasteiger partial charge in [-0.1, -0.05) is 36.4 Å². The van der Waals surface area contributed by atoms with E-state index in [1.807, 2.05) is 25.1 Å². The van der Waals surface area contributed by atoms with Crippen LogP contribution < -0.4 is 5.32 Å². The van der Waals surface area contributed by atoms with Crippen LogP contribution in [0, 0.1) is 0 Å². The fourth-order valence-corrected chi connectivity index (χ4v) is 1.20. The largest absolute Gasteiger partial charge is 0.387 e. The number of hydrogen-bond donors (Lipinski definition) is 2. The second-order valence-corrected chi connectivity index (χ2v) is 3.38. The maximum Gasteiger partial charge on any atom is 0.0868 e. The molecule has 1 aromatic rings. The summed E-state index contributed by atoms with van der Waals surface area (Å²) in [6.45, 7) is 6.26. The van der Waals surface area contributed by atoms with E-state index in [-0.39, 0.29) is 6.04 Å². The monoisotopic (exact) mass is 191 g/mol. The van der Waals surface area contributed by atoms with Gasteiger partial charge in [0.2, 0.25) is 0 Å². The lowest BCUT2D eigenvalue weighted by molar-refractivity contribution is 0.179. The Morgan fingerprint density at radius 3 is 2.64 bits per heavy atom. The predicted octanol–water partition coefficient (Wildman–Crippen LogP) is 1.71. The van der Waals surface area contributed by atoms with Gasteiger partial charge >= 0.3 is 0 Å². The third-order valence-electron chi connectivity index (χ3n) is 2.22. The molecule has 76 valence electrons. The summed E-state index contributed by atoms with van der Waals surface area (Å²) in [6.07, 6.45) is 1.06. The van der Waals surface area contributed by atoms with Crippen LogP contribution in [0.2, 0.25) is 0 Å². The summed E-state index contributed by atoms with van der Waals surface area (Å²) in [5.41, 5.74) is 1.22. The molecule has 0 spiro atoms. The average Bonchev–Trinajstić information content (AvgIpc) is 2.26. The van der Waals surface area contributed by atoms with Crippen molar-refractivity contribution in [2.24, 2.45) is 0 Å². The molecular weight excluding hydrogens is 174 g/mol. The summed E-state index contributed by atoms with van der Waals surface area (Å²) in [5, 5.41) is 12.7. The van der Waals surface area contributed by atoms with E-state index in [0.717, 1.165) is 6.54 Å². The molecule has 0 aliphatic heterocycles. The molecule has 0 radical (unpaired) electrons. The van der Waals surface area contributed by atoms with Crippen molar-refractivity contribution in [2.75, 3.05) is 0 Å². The van der Waals surface area contributed by atoms with Crippen LogP contribution in [-0.4, -0.2) is 17.3 Å². The fraction of sp³-hybridized carbons (Fsp3) is 0.333. The van der Waals surface area contributed by atoms with E-state index < -0.39 is 6.10 Å². The van der Waals surface area contributed by atoms with Crippen molar-refractivity contribution in [3.63, 3.8) is 0 Å². The van der Waals surface area contributed by atoms with Crippen molar-refractivity contribution in [2.45, 2.75) is 25.6 Å². The van der Waals surface area contributed by atoms with E-state index in [2.05, 4.69) is 24.0 Å². The summed E-state index contributed by atoms with van der Waals surface area (Å²) in [4.78, 5) is 0. The van der Waals surface area contributed by atoms with Crippen molar-refractivity contribution in [1.29, 1.82) is 0 Å². The first-order chi connectivity index (χ1) is 6.74. The molecule has 2 atom stereocenters. The number of aliphatic hydroxyl groups excluding tert-OH is 1. The fourth-order valence-electron chi connectivity index (χ4n) is 1.20. The molecule has 0 aliphatic rings. The smallest absolute Gasteiger partial charge is 0.0868 e. The molecule has 0 bridgehead atoms. The van der Waals surface area contributed by atoms with Crippen LogP contribution in [0.5, 0.6) is 0 Å². The second-order valence-electron chi connectivity index (χ2n) is 3.38. The first-order valence-corrected chi connectivity index (χ1v) is 4.82. The van der Waals surface area contributed by atoms with Gasteiger partial charge in [-0.15, -0.1) is 6.58 Å². The summed E-state index contributed by atoms with van der Waals surface area (Å²) >= 11 is 0. The number of rotatable bonds is 5. The van der Waals surface area contributed by atoms with Crippen LogP contribution in [0.15, 0.2) is 43.0 Å². The Kier molecular flexibility index (Phi) is 4.36. The van der Waals surface area contributed by atoms with Gasteiger partial charge in [-0.3, -0.25) is 0 Å². The number of aliphatic hydroxyl groups is 1. The molecule has 2 nitrogen and oxygen atoms in total. The third-order valence-corrected chi connectivity index (χ3v) is 2.22. The van der Waals surface area contributed by atoms with E-state index in [9.17, 15) is 5.11 Å². The zero-order valence-corrected chi connectivity index (χ0v) is 8.48. The highest BCUT2D eigenvalue weighted by Crippen LogP contribution is 2.00. The van der Waals surface area contributed by atoms with E-state index >= 15 is 0 Å². The Bertz CT molecular complexity index is 271. The molecule has 0 aromatic heterocycles. The molecule has 0 aliphatic carbocycles. The quantitative estimate of drug-likeness (QED) is 0.694. The summed E-state index contributed by atoms with van der Waals surface area (Å²) < 4.78 is 0. The van der Waals surface area contributed by atoms with E-state index in [4.69, 9.17) is 0 Å². The minimum absolute atomic E-state index is 0.0349. The van der Waals surface area contributed by atoms with Crippen LogP contribution in [-0.2, 0) is 6.54 Å². The lowest BCUT2D eigenvalue weighted by Crippen LogP contribution is -2.35. The lowest BCUT2D eigenvalue weighted by atomic mass is 10.1. The van der Waals surface area contributed by atoms with Gasteiger partial charge in [-0.05, 0) is 12.5 Å². The van der Waals surface area contributed by atoms with Gasteiger partial charge in [0.1, 0.15) is 0 Å². The third kappa shape index (κ3) is 3.32. The van der Waals surface area contributed by atoms with Crippen LogP contribution in [0.1, 0.15) is 12.5 Å². The first kappa shape index (κ1) is 11.0. The maximum atomic E-state index is 9.42. The Morgan fingerprint density at radius 2 is 2.07 bits per heavy atom. The summed E-state index contributed by atoms with van der Waals surface area (Å²) in [7, 11) is 0. The number of nitrogens with one attached hydrogen (secondary N) is 1. The van der Waals surface area contributed by atoms with Crippen molar-refractivity contribution < 1.29 is 5.11 Å². The van der Waals surface area contributed by atoms with Gasteiger partial charge in [0.15, 0.2) is 0 Å². The number of benzene rings is 1. The average molecular weight is 191 g/mol. The molecule has 0 saturated heterocycles. The van der Waals surface area contributed by atoms with Crippen LogP contribution in [0.4, 0.5) is 0 Å². The predicted molar refractivity (Wildman–Crippen MR) is 58.9 cm³/mol. The standard InChI is InChI=1S/C12H17NO/c1-3-12(14)10(2)13-9-11-7-5-4-6-8-11/h3-8,10,12-14H,1,9H2,2H3/t10-,12?/m0/s1. The first-order valence-electron chi connectivity index (χ1n) is 4.82. The molecule has 0 heterocycles. The zero-order chi connectivity index (χ0) is 10.4. The minimum Gasteiger partial charge on any atom is -0.387 e. The van der Waals surface area contributed by atoms with Gasteiger partial charge in [0, 0.05) is 12.6 Å². The normalized spacial score (nSPS) is 14.7. The lowest BCUT2D eigenvalue weighted by Gasteiger charge is -2.16. The highest BCUT2D eigenvalue weighted by Gasteiger charge is 2.08. The maximum absolute atomic E-state index is 9.42. The highest BCUT2D eigenvalue weighted by atomic mass is 16.3. The molecule has 1 unspecified atom stereocenters. The van der Waals surface area contributed by atoms with E-state index in [1.165, 1.54) is 5.56 Å². The molecule has 1 rings (SSSR count). The SMILES string of the molecule is C=CC(O)[C@H](C)NCc1ccccc1. The van der Waals surface area contributed by atoms with Crippen molar-refractivity contribution >= 4 is 0 Å². The second kappa shape index (κ2) is 5.58. The van der Waals surface area contributed by atoms with Crippen LogP contribution >= 0.6 is 0 Å². The molecule has 0 saturated carbocycles. The topological polar surface area (TPSA) is 32.3 Å². The molecule has 14 heavy (non-hydrogen) atoms. The number of hydrogen-bond acceptors (Lipinski definition) is 2. The van der Waals surface area contributed by atoms with Crippen LogP contribution in [0.25, 0.3) is 0 Å². The molecule has 2 heteroatoms. The molecular formula is C12H17NO. The van der Waals surface area contributed by atoms with Crippen molar-refractivity contribution in [3.05, 3.63) is 48.6 Å². The van der Waals surface area contributed by atoms with Crippen molar-refractivity contribution in [3.8, 4) is 0 Å². The molecule has 0 fully saturated rings. The highest BCUT2D eigenvalue weighted by molar-refractivity contribution is 5.14. The van der Waals surface area contributed by atoms with Crippen LogP contribution in [0.3, 0.4) is 0 Å². The zero-order valence-electron chi connectivity index (χ0n) is 8.48. The molecule has 0 amide bonds. The van der Waals surface area contributed by atoms with E-state index in [1.54, 1.807) is 6.08 Å². The molecule has 1 aromatic carbocycles. The van der Waals surface area contributed by atoms with Gasteiger partial charge in [0.25, 0.3) is 0 Å². The summed E-state index contributed by atoms with van der Waals surface area (Å²) in [6, 6.07) is 10.1. The van der Waals surface area contributed by atoms with Gasteiger partial charge in [-0.25, -0.2) is 0 Å². The minimum atomic E-state index is -0.487. The Morgan fingerprint density at radius 1 is 1.43 bits per heavy atom. The van der Waals surface area contributed by atoms with Gasteiger partial charge in [0.05, 0.1) is 6.10 Å².